The van der Waals surface area contributed by atoms with Gasteiger partial charge in [0.25, 0.3) is 0 Å². The Kier molecular flexibility index (Phi) is 7.01. The summed E-state index contributed by atoms with van der Waals surface area (Å²) in [5, 5.41) is 3.45. The third-order valence-electron chi connectivity index (χ3n) is 3.24. The second kappa shape index (κ2) is 8.04. The highest BCUT2D eigenvalue weighted by Crippen LogP contribution is 2.28. The van der Waals surface area contributed by atoms with Crippen LogP contribution in [0, 0.1) is 0 Å². The number of methoxy groups -OCH3 is 1. The molecule has 96 valence electrons. The minimum Gasteiger partial charge on any atom is -0.383 e. The predicted molar refractivity (Wildman–Crippen MR) is 68.8 cm³/mol. The highest BCUT2D eigenvalue weighted by atomic mass is 16.5. The third-order valence-corrected chi connectivity index (χ3v) is 3.24. The highest BCUT2D eigenvalue weighted by molar-refractivity contribution is 4.89. The lowest BCUT2D eigenvalue weighted by Crippen LogP contribution is -2.46. The van der Waals surface area contributed by atoms with Crippen molar-refractivity contribution in [1.82, 2.24) is 10.2 Å². The van der Waals surface area contributed by atoms with Crippen LogP contribution in [-0.4, -0.2) is 50.3 Å². The average molecular weight is 228 g/mol. The molecule has 0 aliphatic heterocycles. The molecule has 0 aromatic heterocycles. The van der Waals surface area contributed by atoms with Gasteiger partial charge in [0, 0.05) is 25.7 Å². The van der Waals surface area contributed by atoms with E-state index in [0.29, 0.717) is 6.04 Å². The fourth-order valence-corrected chi connectivity index (χ4v) is 2.19. The van der Waals surface area contributed by atoms with Gasteiger partial charge in [-0.3, -0.25) is 4.90 Å². The zero-order chi connectivity index (χ0) is 11.8. The van der Waals surface area contributed by atoms with Crippen LogP contribution < -0.4 is 5.32 Å². The summed E-state index contributed by atoms with van der Waals surface area (Å²) < 4.78 is 5.36. The quantitative estimate of drug-likeness (QED) is 0.618. The van der Waals surface area contributed by atoms with Gasteiger partial charge in [0.15, 0.2) is 0 Å². The second-order valence-corrected chi connectivity index (χ2v) is 4.74. The Balaban J connectivity index is 2.40. The summed E-state index contributed by atoms with van der Waals surface area (Å²) in [5.41, 5.74) is 0. The molecule has 0 aromatic carbocycles. The summed E-state index contributed by atoms with van der Waals surface area (Å²) in [5.74, 6) is 0. The fraction of sp³-hybridized carbons (Fsp3) is 1.00. The summed E-state index contributed by atoms with van der Waals surface area (Å²) in [7, 11) is 1.81. The minimum atomic E-state index is 0.559. The summed E-state index contributed by atoms with van der Waals surface area (Å²) in [6.45, 7) is 8.63. The SMILES string of the molecule is CCCCN(C1CC1)C(CNCC)COC. The lowest BCUT2D eigenvalue weighted by atomic mass is 10.2. The molecule has 1 N–H and O–H groups in total. The maximum atomic E-state index is 5.36. The van der Waals surface area contributed by atoms with Gasteiger partial charge in [-0.05, 0) is 32.4 Å². The van der Waals surface area contributed by atoms with Crippen molar-refractivity contribution in [2.45, 2.75) is 51.6 Å². The highest BCUT2D eigenvalue weighted by Gasteiger charge is 2.33. The molecular formula is C13H28N2O. The van der Waals surface area contributed by atoms with Gasteiger partial charge in [-0.2, -0.15) is 0 Å². The molecule has 0 aromatic rings. The molecule has 0 amide bonds. The lowest BCUT2D eigenvalue weighted by Gasteiger charge is -2.31. The monoisotopic (exact) mass is 228 g/mol. The Hall–Kier alpha value is -0.120. The van der Waals surface area contributed by atoms with Crippen LogP contribution >= 0.6 is 0 Å². The number of ether oxygens (including phenoxy) is 1. The summed E-state index contributed by atoms with van der Waals surface area (Å²) in [6, 6.07) is 1.40. The second-order valence-electron chi connectivity index (χ2n) is 4.74. The van der Waals surface area contributed by atoms with Gasteiger partial charge < -0.3 is 10.1 Å². The van der Waals surface area contributed by atoms with Crippen molar-refractivity contribution in [3.63, 3.8) is 0 Å². The van der Waals surface area contributed by atoms with E-state index in [1.54, 1.807) is 0 Å². The lowest BCUT2D eigenvalue weighted by molar-refractivity contribution is 0.0830. The van der Waals surface area contributed by atoms with Crippen LogP contribution in [0.15, 0.2) is 0 Å². The number of rotatable bonds is 10. The normalized spacial score (nSPS) is 18.0. The Morgan fingerprint density at radius 1 is 1.38 bits per heavy atom. The van der Waals surface area contributed by atoms with Crippen LogP contribution in [0.25, 0.3) is 0 Å². The first-order chi connectivity index (χ1) is 7.83. The van der Waals surface area contributed by atoms with E-state index in [2.05, 4.69) is 24.1 Å². The molecule has 16 heavy (non-hydrogen) atoms. The van der Waals surface area contributed by atoms with Crippen LogP contribution in [0.3, 0.4) is 0 Å². The molecule has 1 fully saturated rings. The maximum absolute atomic E-state index is 5.36. The average Bonchev–Trinajstić information content (AvgIpc) is 3.10. The van der Waals surface area contributed by atoms with Crippen LogP contribution in [0.5, 0.6) is 0 Å². The molecule has 0 bridgehead atoms. The summed E-state index contributed by atoms with van der Waals surface area (Å²) in [4.78, 5) is 2.66. The topological polar surface area (TPSA) is 24.5 Å². The minimum absolute atomic E-state index is 0.559. The van der Waals surface area contributed by atoms with E-state index < -0.39 is 0 Å². The van der Waals surface area contributed by atoms with Crippen molar-refractivity contribution < 1.29 is 4.74 Å². The number of unbranched alkanes of at least 4 members (excludes halogenated alkanes) is 1. The molecule has 0 heterocycles. The molecular weight excluding hydrogens is 200 g/mol. The van der Waals surface area contributed by atoms with Crippen LogP contribution in [-0.2, 0) is 4.74 Å². The van der Waals surface area contributed by atoms with Crippen molar-refractivity contribution in [2.75, 3.05) is 33.4 Å². The number of hydrogen-bond donors (Lipinski definition) is 1. The van der Waals surface area contributed by atoms with Crippen molar-refractivity contribution in [3.05, 3.63) is 0 Å². The van der Waals surface area contributed by atoms with Crippen LogP contribution in [0.1, 0.15) is 39.5 Å². The number of likely N-dealkylation sites (N-methyl/N-ethyl adjacent to an activating group) is 1. The van der Waals surface area contributed by atoms with E-state index in [0.717, 1.165) is 25.7 Å². The Morgan fingerprint density at radius 2 is 2.12 bits per heavy atom. The van der Waals surface area contributed by atoms with E-state index in [1.807, 2.05) is 7.11 Å². The fourth-order valence-electron chi connectivity index (χ4n) is 2.19. The van der Waals surface area contributed by atoms with Crippen molar-refractivity contribution in [2.24, 2.45) is 0 Å². The number of hydrogen-bond acceptors (Lipinski definition) is 3. The molecule has 0 saturated heterocycles. The summed E-state index contributed by atoms with van der Waals surface area (Å²) in [6.07, 6.45) is 5.36. The van der Waals surface area contributed by atoms with E-state index in [9.17, 15) is 0 Å². The third kappa shape index (κ3) is 4.81. The van der Waals surface area contributed by atoms with Crippen LogP contribution in [0.2, 0.25) is 0 Å². The first-order valence-electron chi connectivity index (χ1n) is 6.78. The van der Waals surface area contributed by atoms with Gasteiger partial charge in [0.05, 0.1) is 6.61 Å². The van der Waals surface area contributed by atoms with E-state index >= 15 is 0 Å². The number of nitrogens with zero attached hydrogens (tertiary/aromatic N) is 1. The largest absolute Gasteiger partial charge is 0.383 e. The van der Waals surface area contributed by atoms with Crippen LogP contribution in [0.4, 0.5) is 0 Å². The molecule has 1 unspecified atom stereocenters. The molecule has 3 heteroatoms. The Morgan fingerprint density at radius 3 is 2.62 bits per heavy atom. The van der Waals surface area contributed by atoms with E-state index in [-0.39, 0.29) is 0 Å². The van der Waals surface area contributed by atoms with Crippen molar-refractivity contribution >= 4 is 0 Å². The van der Waals surface area contributed by atoms with Crippen molar-refractivity contribution in [3.8, 4) is 0 Å². The Labute approximate surface area is 101 Å². The van der Waals surface area contributed by atoms with Gasteiger partial charge in [-0.15, -0.1) is 0 Å². The molecule has 1 saturated carbocycles. The van der Waals surface area contributed by atoms with Gasteiger partial charge in [0.1, 0.15) is 0 Å². The zero-order valence-electron chi connectivity index (χ0n) is 11.2. The van der Waals surface area contributed by atoms with Gasteiger partial charge >= 0.3 is 0 Å². The first-order valence-corrected chi connectivity index (χ1v) is 6.78. The molecule has 0 spiro atoms. The maximum Gasteiger partial charge on any atom is 0.0630 e. The molecule has 0 radical (unpaired) electrons. The van der Waals surface area contributed by atoms with Gasteiger partial charge in [-0.1, -0.05) is 20.3 Å². The van der Waals surface area contributed by atoms with E-state index in [4.69, 9.17) is 4.74 Å². The first kappa shape index (κ1) is 13.9. The summed E-state index contributed by atoms with van der Waals surface area (Å²) >= 11 is 0. The number of nitrogens with one attached hydrogen (secondary N) is 1. The molecule has 1 rings (SSSR count). The van der Waals surface area contributed by atoms with Gasteiger partial charge in [0.2, 0.25) is 0 Å². The molecule has 1 aliphatic carbocycles. The van der Waals surface area contributed by atoms with E-state index in [1.165, 1.54) is 32.2 Å². The Bertz CT molecular complexity index is 171. The smallest absolute Gasteiger partial charge is 0.0630 e. The van der Waals surface area contributed by atoms with Gasteiger partial charge in [-0.25, -0.2) is 0 Å². The molecule has 1 aliphatic rings. The van der Waals surface area contributed by atoms with Crippen molar-refractivity contribution in [1.29, 1.82) is 0 Å². The zero-order valence-corrected chi connectivity index (χ0v) is 11.2. The standard InChI is InChI=1S/C13H28N2O/c1-4-6-9-15(12-7-8-12)13(11-16-3)10-14-5-2/h12-14H,4-11H2,1-3H3. The molecule has 1 atom stereocenters. The molecule has 3 nitrogen and oxygen atoms in total. The predicted octanol–water partition coefficient (Wildman–Crippen LogP) is 1.88.